The lowest BCUT2D eigenvalue weighted by atomic mass is 10.3. The van der Waals surface area contributed by atoms with Crippen molar-refractivity contribution in [3.8, 4) is 0 Å². The molecule has 3 N–H and O–H groups in total. The summed E-state index contributed by atoms with van der Waals surface area (Å²) in [5.74, 6) is 0. The normalized spacial score (nSPS) is 11.5. The SMILES string of the molecule is NS(=O)(=O)c1cccnc1CCO. The van der Waals surface area contributed by atoms with E-state index in [1.165, 1.54) is 18.3 Å². The zero-order valence-electron chi connectivity index (χ0n) is 6.84. The molecule has 6 heteroatoms. The van der Waals surface area contributed by atoms with Crippen LogP contribution < -0.4 is 5.14 Å². The fourth-order valence-electron chi connectivity index (χ4n) is 0.976. The van der Waals surface area contributed by atoms with Crippen molar-refractivity contribution in [1.29, 1.82) is 0 Å². The first kappa shape index (κ1) is 10.1. The van der Waals surface area contributed by atoms with Crippen LogP contribution in [0.2, 0.25) is 0 Å². The number of sulfonamides is 1. The third kappa shape index (κ3) is 2.48. The minimum atomic E-state index is -3.73. The lowest BCUT2D eigenvalue weighted by Gasteiger charge is -2.03. The fraction of sp³-hybridized carbons (Fsp3) is 0.286. The molecule has 72 valence electrons. The Bertz CT molecular complexity index is 388. The third-order valence-corrected chi connectivity index (χ3v) is 2.49. The van der Waals surface area contributed by atoms with Gasteiger partial charge < -0.3 is 5.11 Å². The van der Waals surface area contributed by atoms with Crippen LogP contribution in [0, 0.1) is 0 Å². The van der Waals surface area contributed by atoms with Gasteiger partial charge in [0.05, 0.1) is 5.69 Å². The molecule has 0 amide bonds. The molecular weight excluding hydrogens is 192 g/mol. The molecule has 13 heavy (non-hydrogen) atoms. The van der Waals surface area contributed by atoms with Gasteiger partial charge >= 0.3 is 0 Å². The maximum absolute atomic E-state index is 11.0. The van der Waals surface area contributed by atoms with E-state index >= 15 is 0 Å². The van der Waals surface area contributed by atoms with Crippen molar-refractivity contribution in [3.63, 3.8) is 0 Å². The molecule has 0 aliphatic carbocycles. The summed E-state index contributed by atoms with van der Waals surface area (Å²) < 4.78 is 22.0. The quantitative estimate of drug-likeness (QED) is 0.675. The highest BCUT2D eigenvalue weighted by Crippen LogP contribution is 2.10. The standard InChI is InChI=1S/C7H10N2O3S/c8-13(11,12)7-2-1-4-9-6(7)3-5-10/h1-2,4,10H,3,5H2,(H2,8,11,12). The van der Waals surface area contributed by atoms with Gasteiger partial charge in [-0.2, -0.15) is 0 Å². The monoisotopic (exact) mass is 202 g/mol. The summed E-state index contributed by atoms with van der Waals surface area (Å²) in [7, 11) is -3.73. The number of primary sulfonamides is 1. The first-order valence-corrected chi connectivity index (χ1v) is 5.18. The molecule has 0 aliphatic rings. The molecule has 0 unspecified atom stereocenters. The molecule has 0 radical (unpaired) electrons. The number of pyridine rings is 1. The van der Waals surface area contributed by atoms with Crippen molar-refractivity contribution >= 4 is 10.0 Å². The first-order valence-electron chi connectivity index (χ1n) is 3.63. The van der Waals surface area contributed by atoms with Crippen LogP contribution in [-0.2, 0) is 16.4 Å². The van der Waals surface area contributed by atoms with E-state index in [-0.39, 0.29) is 17.9 Å². The largest absolute Gasteiger partial charge is 0.396 e. The van der Waals surface area contributed by atoms with E-state index in [0.717, 1.165) is 0 Å². The van der Waals surface area contributed by atoms with Crippen molar-refractivity contribution in [2.75, 3.05) is 6.61 Å². The van der Waals surface area contributed by atoms with Gasteiger partial charge in [-0.3, -0.25) is 4.98 Å². The zero-order valence-corrected chi connectivity index (χ0v) is 7.66. The molecule has 1 rings (SSSR count). The lowest BCUT2D eigenvalue weighted by molar-refractivity contribution is 0.297. The second-order valence-corrected chi connectivity index (χ2v) is 4.00. The Morgan fingerprint density at radius 3 is 2.77 bits per heavy atom. The molecule has 5 nitrogen and oxygen atoms in total. The van der Waals surface area contributed by atoms with E-state index in [1.807, 2.05) is 0 Å². The van der Waals surface area contributed by atoms with Crippen LogP contribution in [-0.4, -0.2) is 25.1 Å². The summed E-state index contributed by atoms with van der Waals surface area (Å²) in [6.45, 7) is -0.153. The van der Waals surface area contributed by atoms with Gasteiger partial charge in [-0.25, -0.2) is 13.6 Å². The summed E-state index contributed by atoms with van der Waals surface area (Å²) in [5, 5.41) is 13.6. The van der Waals surface area contributed by atoms with Crippen molar-refractivity contribution in [3.05, 3.63) is 24.0 Å². The van der Waals surface area contributed by atoms with E-state index in [1.54, 1.807) is 0 Å². The van der Waals surface area contributed by atoms with Crippen LogP contribution in [0.5, 0.6) is 0 Å². The first-order chi connectivity index (χ1) is 6.05. The number of hydrogen-bond acceptors (Lipinski definition) is 4. The van der Waals surface area contributed by atoms with Gasteiger partial charge in [-0.1, -0.05) is 0 Å². The molecule has 1 aromatic rings. The van der Waals surface area contributed by atoms with E-state index in [2.05, 4.69) is 4.98 Å². The van der Waals surface area contributed by atoms with Crippen LogP contribution >= 0.6 is 0 Å². The Morgan fingerprint density at radius 2 is 2.23 bits per heavy atom. The predicted octanol–water partition coefficient (Wildman–Crippen LogP) is -0.736. The van der Waals surface area contributed by atoms with Crippen molar-refractivity contribution in [2.24, 2.45) is 5.14 Å². The summed E-state index contributed by atoms with van der Waals surface area (Å²) in [6, 6.07) is 2.86. The van der Waals surface area contributed by atoms with Gasteiger partial charge in [0.25, 0.3) is 0 Å². The summed E-state index contributed by atoms with van der Waals surface area (Å²) in [5.41, 5.74) is 0.299. The Labute approximate surface area is 76.3 Å². The molecule has 0 saturated heterocycles. The number of aliphatic hydroxyl groups excluding tert-OH is 1. The highest BCUT2D eigenvalue weighted by molar-refractivity contribution is 7.89. The van der Waals surface area contributed by atoms with Crippen LogP contribution in [0.1, 0.15) is 5.69 Å². The Hall–Kier alpha value is -0.980. The predicted molar refractivity (Wildman–Crippen MR) is 46.4 cm³/mol. The van der Waals surface area contributed by atoms with Gasteiger partial charge in [0, 0.05) is 19.2 Å². The Morgan fingerprint density at radius 1 is 1.54 bits per heavy atom. The second-order valence-electron chi connectivity index (χ2n) is 2.47. The highest BCUT2D eigenvalue weighted by Gasteiger charge is 2.13. The highest BCUT2D eigenvalue weighted by atomic mass is 32.2. The van der Waals surface area contributed by atoms with Gasteiger partial charge in [0.15, 0.2) is 0 Å². The molecule has 0 aromatic carbocycles. The van der Waals surface area contributed by atoms with Gasteiger partial charge in [-0.05, 0) is 12.1 Å². The van der Waals surface area contributed by atoms with Crippen LogP contribution in [0.3, 0.4) is 0 Å². The van der Waals surface area contributed by atoms with E-state index in [9.17, 15) is 8.42 Å². The van der Waals surface area contributed by atoms with Crippen molar-refractivity contribution in [2.45, 2.75) is 11.3 Å². The van der Waals surface area contributed by atoms with Crippen LogP contribution in [0.15, 0.2) is 23.2 Å². The minimum Gasteiger partial charge on any atom is -0.396 e. The summed E-state index contributed by atoms with van der Waals surface area (Å²) in [6.07, 6.45) is 1.65. The average Bonchev–Trinajstić information content (AvgIpc) is 2.04. The lowest BCUT2D eigenvalue weighted by Crippen LogP contribution is -2.15. The molecule has 0 spiro atoms. The van der Waals surface area contributed by atoms with E-state index in [0.29, 0.717) is 5.69 Å². The van der Waals surface area contributed by atoms with E-state index < -0.39 is 10.0 Å². The molecule has 0 atom stereocenters. The van der Waals surface area contributed by atoms with Gasteiger partial charge in [-0.15, -0.1) is 0 Å². The van der Waals surface area contributed by atoms with Crippen molar-refractivity contribution in [1.82, 2.24) is 4.98 Å². The molecular formula is C7H10N2O3S. The topological polar surface area (TPSA) is 93.3 Å². The number of aliphatic hydroxyl groups is 1. The van der Waals surface area contributed by atoms with Crippen LogP contribution in [0.25, 0.3) is 0 Å². The maximum Gasteiger partial charge on any atom is 0.239 e. The summed E-state index contributed by atoms with van der Waals surface area (Å²) >= 11 is 0. The van der Waals surface area contributed by atoms with Crippen molar-refractivity contribution < 1.29 is 13.5 Å². The number of nitrogens with zero attached hydrogens (tertiary/aromatic N) is 1. The number of nitrogens with two attached hydrogens (primary N) is 1. The number of rotatable bonds is 3. The molecule has 1 heterocycles. The summed E-state index contributed by atoms with van der Waals surface area (Å²) in [4.78, 5) is 3.79. The maximum atomic E-state index is 11.0. The molecule has 0 aliphatic heterocycles. The average molecular weight is 202 g/mol. The Kier molecular flexibility index (Phi) is 2.97. The third-order valence-electron chi connectivity index (χ3n) is 1.50. The van der Waals surface area contributed by atoms with E-state index in [4.69, 9.17) is 10.2 Å². The second kappa shape index (κ2) is 3.82. The molecule has 0 bridgehead atoms. The smallest absolute Gasteiger partial charge is 0.239 e. The Balaban J connectivity index is 3.20. The minimum absolute atomic E-state index is 0.0240. The molecule has 1 aromatic heterocycles. The molecule has 0 saturated carbocycles. The number of hydrogen-bond donors (Lipinski definition) is 2. The van der Waals surface area contributed by atoms with Gasteiger partial charge in [0.1, 0.15) is 4.90 Å². The van der Waals surface area contributed by atoms with Crippen LogP contribution in [0.4, 0.5) is 0 Å². The fourth-order valence-corrected chi connectivity index (χ4v) is 1.73. The molecule has 0 fully saturated rings. The number of aromatic nitrogens is 1. The van der Waals surface area contributed by atoms with Gasteiger partial charge in [0.2, 0.25) is 10.0 Å². The zero-order chi connectivity index (χ0) is 9.90.